The number of hydrogen-bond acceptors (Lipinski definition) is 3. The van der Waals surface area contributed by atoms with Crippen molar-refractivity contribution < 1.29 is 9.53 Å². The van der Waals surface area contributed by atoms with Crippen LogP contribution in [0.3, 0.4) is 0 Å². The first kappa shape index (κ1) is 19.5. The zero-order chi connectivity index (χ0) is 16.5. The molecule has 0 radical (unpaired) electrons. The van der Waals surface area contributed by atoms with Crippen molar-refractivity contribution in [2.24, 2.45) is 5.92 Å². The Labute approximate surface area is 129 Å². The molecule has 1 aliphatic rings. The van der Waals surface area contributed by atoms with E-state index in [-0.39, 0.29) is 11.7 Å². The van der Waals surface area contributed by atoms with Crippen molar-refractivity contribution in [2.45, 2.75) is 60.5 Å². The number of carbonyl (C=O) groups excluding carboxylic acids is 1. The molecule has 2 rings (SSSR count). The van der Waals surface area contributed by atoms with Gasteiger partial charge in [-0.2, -0.15) is 5.10 Å². The van der Waals surface area contributed by atoms with Crippen LogP contribution < -0.4 is 0 Å². The summed E-state index contributed by atoms with van der Waals surface area (Å²) in [5.74, 6) is 0.618. The fraction of sp³-hybridized carbons (Fsp3) is 0.750. The van der Waals surface area contributed by atoms with Gasteiger partial charge in [-0.1, -0.05) is 20.8 Å². The van der Waals surface area contributed by atoms with Crippen LogP contribution in [0.2, 0.25) is 0 Å². The predicted octanol–water partition coefficient (Wildman–Crippen LogP) is 4.01. The van der Waals surface area contributed by atoms with E-state index in [0.717, 1.165) is 25.2 Å². The van der Waals surface area contributed by atoms with Crippen molar-refractivity contribution in [2.75, 3.05) is 13.1 Å². The third-order valence-electron chi connectivity index (χ3n) is 2.72. The van der Waals surface area contributed by atoms with Gasteiger partial charge in [-0.3, -0.25) is 5.10 Å². The summed E-state index contributed by atoms with van der Waals surface area (Å²) in [5, 5.41) is 6.45. The van der Waals surface area contributed by atoms with Gasteiger partial charge in [0, 0.05) is 25.0 Å². The Kier molecular flexibility index (Phi) is 8.74. The van der Waals surface area contributed by atoms with Crippen LogP contribution in [0.5, 0.6) is 0 Å². The van der Waals surface area contributed by atoms with Crippen LogP contribution in [-0.4, -0.2) is 39.9 Å². The first-order valence-corrected chi connectivity index (χ1v) is 7.72. The SMILES string of the molecule is CC.CC1CCN(C(=O)OC(C)(C)C)C1.Cc1ccn[nH]1. The van der Waals surface area contributed by atoms with Gasteiger partial charge < -0.3 is 9.64 Å². The molecule has 1 amide bonds. The Bertz CT molecular complexity index is 383. The summed E-state index contributed by atoms with van der Waals surface area (Å²) in [4.78, 5) is 13.3. The molecule has 1 saturated heterocycles. The molecular weight excluding hydrogens is 266 g/mol. The highest BCUT2D eigenvalue weighted by Crippen LogP contribution is 2.18. The zero-order valence-electron chi connectivity index (χ0n) is 14.6. The van der Waals surface area contributed by atoms with E-state index in [2.05, 4.69) is 17.1 Å². The van der Waals surface area contributed by atoms with Crippen LogP contribution >= 0.6 is 0 Å². The molecule has 1 atom stereocenters. The molecule has 0 aromatic carbocycles. The van der Waals surface area contributed by atoms with E-state index >= 15 is 0 Å². The van der Waals surface area contributed by atoms with Crippen LogP contribution in [0.1, 0.15) is 53.7 Å². The summed E-state index contributed by atoms with van der Waals surface area (Å²) in [6, 6.07) is 1.92. The van der Waals surface area contributed by atoms with Gasteiger partial charge in [-0.25, -0.2) is 4.79 Å². The Morgan fingerprint density at radius 3 is 2.33 bits per heavy atom. The lowest BCUT2D eigenvalue weighted by Gasteiger charge is -2.24. The van der Waals surface area contributed by atoms with Gasteiger partial charge in [-0.15, -0.1) is 0 Å². The topological polar surface area (TPSA) is 58.2 Å². The second-order valence-electron chi connectivity index (χ2n) is 6.06. The Morgan fingerprint density at radius 2 is 2.05 bits per heavy atom. The van der Waals surface area contributed by atoms with E-state index in [1.165, 1.54) is 0 Å². The van der Waals surface area contributed by atoms with Gasteiger partial charge in [0.05, 0.1) is 0 Å². The van der Waals surface area contributed by atoms with Crippen LogP contribution in [0.15, 0.2) is 12.3 Å². The highest BCUT2D eigenvalue weighted by molar-refractivity contribution is 5.68. The molecular formula is C16H31N3O2. The molecule has 1 unspecified atom stereocenters. The smallest absolute Gasteiger partial charge is 0.410 e. The third-order valence-corrected chi connectivity index (χ3v) is 2.72. The molecule has 1 aromatic heterocycles. The summed E-state index contributed by atoms with van der Waals surface area (Å²) in [7, 11) is 0. The maximum Gasteiger partial charge on any atom is 0.410 e. The number of H-pyrrole nitrogens is 1. The monoisotopic (exact) mass is 297 g/mol. The number of aromatic nitrogens is 2. The number of rotatable bonds is 0. The molecule has 2 heterocycles. The molecule has 5 nitrogen and oxygen atoms in total. The summed E-state index contributed by atoms with van der Waals surface area (Å²) in [6.45, 7) is 15.5. The van der Waals surface area contributed by atoms with E-state index in [4.69, 9.17) is 4.74 Å². The molecule has 1 aliphatic heterocycles. The standard InChI is InChI=1S/C10H19NO2.C4H6N2.C2H6/c1-8-5-6-11(7-8)9(12)13-10(2,3)4;1-4-2-3-5-6-4;1-2/h8H,5-7H2,1-4H3;2-3H,1H3,(H,5,6);1-2H3. The highest BCUT2D eigenvalue weighted by Gasteiger charge is 2.27. The average molecular weight is 297 g/mol. The van der Waals surface area contributed by atoms with Gasteiger partial charge in [-0.05, 0) is 46.1 Å². The lowest BCUT2D eigenvalue weighted by molar-refractivity contribution is 0.0289. The van der Waals surface area contributed by atoms with E-state index in [0.29, 0.717) is 5.92 Å². The van der Waals surface area contributed by atoms with E-state index in [1.807, 2.05) is 47.6 Å². The van der Waals surface area contributed by atoms with Gasteiger partial charge in [0.15, 0.2) is 0 Å². The predicted molar refractivity (Wildman–Crippen MR) is 86.3 cm³/mol. The lowest BCUT2D eigenvalue weighted by Crippen LogP contribution is -2.35. The number of carbonyl (C=O) groups is 1. The average Bonchev–Trinajstić information content (AvgIpc) is 3.02. The van der Waals surface area contributed by atoms with E-state index in [1.54, 1.807) is 11.1 Å². The first-order chi connectivity index (χ1) is 9.78. The van der Waals surface area contributed by atoms with Gasteiger partial charge >= 0.3 is 6.09 Å². The fourth-order valence-corrected chi connectivity index (χ4v) is 1.75. The molecule has 0 bridgehead atoms. The second-order valence-corrected chi connectivity index (χ2v) is 6.06. The summed E-state index contributed by atoms with van der Waals surface area (Å²) >= 11 is 0. The summed E-state index contributed by atoms with van der Waals surface area (Å²) in [5.41, 5.74) is 0.734. The lowest BCUT2D eigenvalue weighted by atomic mass is 10.2. The number of aromatic amines is 1. The van der Waals surface area contributed by atoms with Crippen LogP contribution in [-0.2, 0) is 4.74 Å². The first-order valence-electron chi connectivity index (χ1n) is 7.72. The molecule has 1 N–H and O–H groups in total. The van der Waals surface area contributed by atoms with Crippen molar-refractivity contribution in [3.8, 4) is 0 Å². The van der Waals surface area contributed by atoms with E-state index < -0.39 is 0 Å². The fourth-order valence-electron chi connectivity index (χ4n) is 1.75. The number of aryl methyl sites for hydroxylation is 1. The van der Waals surface area contributed by atoms with Crippen molar-refractivity contribution in [1.29, 1.82) is 0 Å². The number of nitrogens with one attached hydrogen (secondary N) is 1. The number of amides is 1. The molecule has 0 saturated carbocycles. The normalized spacial score (nSPS) is 17.3. The van der Waals surface area contributed by atoms with Crippen LogP contribution in [0.4, 0.5) is 4.79 Å². The zero-order valence-corrected chi connectivity index (χ0v) is 14.6. The summed E-state index contributed by atoms with van der Waals surface area (Å²) in [6.07, 6.45) is 2.66. The molecule has 5 heteroatoms. The number of likely N-dealkylation sites (tertiary alicyclic amines) is 1. The molecule has 0 spiro atoms. The van der Waals surface area contributed by atoms with Crippen molar-refractivity contribution in [3.05, 3.63) is 18.0 Å². The largest absolute Gasteiger partial charge is 0.444 e. The number of hydrogen-bond donors (Lipinski definition) is 1. The minimum absolute atomic E-state index is 0.170. The van der Waals surface area contributed by atoms with Gasteiger partial charge in [0.2, 0.25) is 0 Å². The Hall–Kier alpha value is -1.52. The van der Waals surface area contributed by atoms with Gasteiger partial charge in [0.1, 0.15) is 5.60 Å². The molecule has 1 aromatic rings. The second kappa shape index (κ2) is 9.42. The Balaban J connectivity index is 0.000000416. The minimum Gasteiger partial charge on any atom is -0.444 e. The van der Waals surface area contributed by atoms with Crippen molar-refractivity contribution >= 4 is 6.09 Å². The quantitative estimate of drug-likeness (QED) is 0.787. The maximum atomic E-state index is 11.5. The minimum atomic E-state index is -0.372. The van der Waals surface area contributed by atoms with Crippen molar-refractivity contribution in [3.63, 3.8) is 0 Å². The van der Waals surface area contributed by atoms with Crippen LogP contribution in [0.25, 0.3) is 0 Å². The number of nitrogens with zero attached hydrogens (tertiary/aromatic N) is 2. The van der Waals surface area contributed by atoms with Crippen LogP contribution in [0, 0.1) is 12.8 Å². The molecule has 21 heavy (non-hydrogen) atoms. The molecule has 1 fully saturated rings. The van der Waals surface area contributed by atoms with E-state index in [9.17, 15) is 4.79 Å². The molecule has 0 aliphatic carbocycles. The third kappa shape index (κ3) is 9.10. The molecule has 122 valence electrons. The van der Waals surface area contributed by atoms with Gasteiger partial charge in [0.25, 0.3) is 0 Å². The highest BCUT2D eigenvalue weighted by atomic mass is 16.6. The Morgan fingerprint density at radius 1 is 1.43 bits per heavy atom. The summed E-state index contributed by atoms with van der Waals surface area (Å²) < 4.78 is 5.26. The maximum absolute atomic E-state index is 11.5. The van der Waals surface area contributed by atoms with Crippen molar-refractivity contribution in [1.82, 2.24) is 15.1 Å². The number of ether oxygens (including phenoxy) is 1.